The molecule has 5 heteroatoms. The van der Waals surface area contributed by atoms with Crippen molar-refractivity contribution in [1.29, 1.82) is 5.26 Å². The second-order valence-corrected chi connectivity index (χ2v) is 5.47. The third-order valence-corrected chi connectivity index (χ3v) is 4.04. The van der Waals surface area contributed by atoms with E-state index in [0.29, 0.717) is 12.6 Å². The number of rotatable bonds is 3. The highest BCUT2D eigenvalue weighted by atomic mass is 16.2. The van der Waals surface area contributed by atoms with Crippen LogP contribution in [0.1, 0.15) is 32.6 Å². The molecule has 0 aromatic carbocycles. The normalized spacial score (nSPS) is 27.7. The van der Waals surface area contributed by atoms with E-state index in [1.807, 2.05) is 0 Å². The number of carbonyl (C=O) groups excluding carboxylic acids is 1. The SMILES string of the molecule is C[C@@H]1CNCCN1CC(=O)NC1(C#N)CCCC1. The van der Waals surface area contributed by atoms with E-state index in [1.54, 1.807) is 0 Å². The van der Waals surface area contributed by atoms with Crippen molar-refractivity contribution in [3.05, 3.63) is 0 Å². The van der Waals surface area contributed by atoms with Crippen LogP contribution < -0.4 is 10.6 Å². The van der Waals surface area contributed by atoms with Gasteiger partial charge in [-0.15, -0.1) is 0 Å². The standard InChI is InChI=1S/C13H22N4O/c1-11-8-15-6-7-17(11)9-12(18)16-13(10-14)4-2-3-5-13/h11,15H,2-9H2,1H3,(H,16,18)/t11-/m1/s1. The lowest BCUT2D eigenvalue weighted by molar-refractivity contribution is -0.124. The van der Waals surface area contributed by atoms with Crippen LogP contribution in [0, 0.1) is 11.3 Å². The molecule has 5 nitrogen and oxygen atoms in total. The summed E-state index contributed by atoms with van der Waals surface area (Å²) >= 11 is 0. The maximum Gasteiger partial charge on any atom is 0.235 e. The van der Waals surface area contributed by atoms with Crippen LogP contribution in [0.5, 0.6) is 0 Å². The van der Waals surface area contributed by atoms with Gasteiger partial charge in [0.15, 0.2) is 0 Å². The van der Waals surface area contributed by atoms with E-state index in [-0.39, 0.29) is 5.91 Å². The second-order valence-electron chi connectivity index (χ2n) is 5.47. The quantitative estimate of drug-likeness (QED) is 0.752. The van der Waals surface area contributed by atoms with Gasteiger partial charge in [0, 0.05) is 25.7 Å². The Morgan fingerprint density at radius 2 is 2.28 bits per heavy atom. The van der Waals surface area contributed by atoms with Crippen LogP contribution >= 0.6 is 0 Å². The summed E-state index contributed by atoms with van der Waals surface area (Å²) in [6.07, 6.45) is 3.68. The molecule has 1 saturated carbocycles. The fourth-order valence-corrected chi connectivity index (χ4v) is 2.85. The minimum absolute atomic E-state index is 0.00722. The zero-order valence-electron chi connectivity index (χ0n) is 11.0. The Bertz CT molecular complexity index is 343. The van der Waals surface area contributed by atoms with Crippen LogP contribution in [0.4, 0.5) is 0 Å². The third-order valence-electron chi connectivity index (χ3n) is 4.04. The van der Waals surface area contributed by atoms with Crippen molar-refractivity contribution < 1.29 is 4.79 Å². The molecule has 18 heavy (non-hydrogen) atoms. The summed E-state index contributed by atoms with van der Waals surface area (Å²) in [4.78, 5) is 14.2. The fourth-order valence-electron chi connectivity index (χ4n) is 2.85. The number of nitrogens with zero attached hydrogens (tertiary/aromatic N) is 2. The summed E-state index contributed by atoms with van der Waals surface area (Å²) in [7, 11) is 0. The first-order chi connectivity index (χ1) is 8.65. The number of piperazine rings is 1. The van der Waals surface area contributed by atoms with Gasteiger partial charge in [-0.3, -0.25) is 9.69 Å². The van der Waals surface area contributed by atoms with Crippen LogP contribution in [0.25, 0.3) is 0 Å². The van der Waals surface area contributed by atoms with E-state index in [4.69, 9.17) is 0 Å². The molecule has 1 heterocycles. The maximum absolute atomic E-state index is 12.1. The van der Waals surface area contributed by atoms with Crippen molar-refractivity contribution in [2.24, 2.45) is 0 Å². The van der Waals surface area contributed by atoms with Crippen LogP contribution in [0.3, 0.4) is 0 Å². The Morgan fingerprint density at radius 1 is 1.56 bits per heavy atom. The van der Waals surface area contributed by atoms with Crippen LogP contribution in [0.15, 0.2) is 0 Å². The maximum atomic E-state index is 12.1. The van der Waals surface area contributed by atoms with Gasteiger partial charge in [0.25, 0.3) is 0 Å². The number of nitriles is 1. The van der Waals surface area contributed by atoms with E-state index >= 15 is 0 Å². The number of hydrogen-bond acceptors (Lipinski definition) is 4. The van der Waals surface area contributed by atoms with Crippen molar-refractivity contribution in [2.45, 2.75) is 44.2 Å². The monoisotopic (exact) mass is 250 g/mol. The minimum atomic E-state index is -0.589. The summed E-state index contributed by atoms with van der Waals surface area (Å²) in [6, 6.07) is 2.67. The molecule has 1 aliphatic carbocycles. The third kappa shape index (κ3) is 3.01. The Morgan fingerprint density at radius 3 is 2.89 bits per heavy atom. The van der Waals surface area contributed by atoms with Crippen molar-refractivity contribution >= 4 is 5.91 Å². The Hall–Kier alpha value is -1.12. The molecule has 0 aromatic rings. The molecule has 2 fully saturated rings. The van der Waals surface area contributed by atoms with E-state index in [9.17, 15) is 10.1 Å². The molecule has 1 amide bonds. The molecule has 0 spiro atoms. The summed E-state index contributed by atoms with van der Waals surface area (Å²) in [5.41, 5.74) is -0.589. The molecule has 0 unspecified atom stereocenters. The first-order valence-corrected chi connectivity index (χ1v) is 6.82. The van der Waals surface area contributed by atoms with Crippen LogP contribution in [-0.2, 0) is 4.79 Å². The molecule has 2 aliphatic rings. The minimum Gasteiger partial charge on any atom is -0.337 e. The average Bonchev–Trinajstić information content (AvgIpc) is 2.81. The summed E-state index contributed by atoms with van der Waals surface area (Å²) in [5.74, 6) is -0.00722. The first-order valence-electron chi connectivity index (χ1n) is 6.82. The van der Waals surface area contributed by atoms with Crippen LogP contribution in [0.2, 0.25) is 0 Å². The Labute approximate surface area is 109 Å². The number of carbonyl (C=O) groups is 1. The van der Waals surface area contributed by atoms with E-state index in [2.05, 4.69) is 28.5 Å². The number of hydrogen-bond donors (Lipinski definition) is 2. The highest BCUT2D eigenvalue weighted by Gasteiger charge is 2.35. The highest BCUT2D eigenvalue weighted by molar-refractivity contribution is 5.79. The molecule has 2 N–H and O–H groups in total. The molecular formula is C13H22N4O. The van der Waals surface area contributed by atoms with Gasteiger partial charge in [-0.05, 0) is 32.6 Å². The predicted octanol–water partition coefficient (Wildman–Crippen LogP) is 0.233. The van der Waals surface area contributed by atoms with Gasteiger partial charge < -0.3 is 10.6 Å². The molecule has 2 rings (SSSR count). The van der Waals surface area contributed by atoms with Crippen molar-refractivity contribution in [3.8, 4) is 6.07 Å². The van der Waals surface area contributed by atoms with Gasteiger partial charge in [0.05, 0.1) is 12.6 Å². The average molecular weight is 250 g/mol. The largest absolute Gasteiger partial charge is 0.337 e. The number of nitrogens with one attached hydrogen (secondary N) is 2. The summed E-state index contributed by atoms with van der Waals surface area (Å²) in [5, 5.41) is 15.5. The highest BCUT2D eigenvalue weighted by Crippen LogP contribution is 2.28. The van der Waals surface area contributed by atoms with Gasteiger partial charge in [-0.1, -0.05) is 0 Å². The lowest BCUT2D eigenvalue weighted by atomic mass is 10.00. The van der Waals surface area contributed by atoms with Gasteiger partial charge in [-0.25, -0.2) is 0 Å². The van der Waals surface area contributed by atoms with Gasteiger partial charge >= 0.3 is 0 Å². The Balaban J connectivity index is 1.86. The molecule has 0 bridgehead atoms. The smallest absolute Gasteiger partial charge is 0.235 e. The first kappa shape index (κ1) is 13.3. The van der Waals surface area contributed by atoms with Crippen molar-refractivity contribution in [3.63, 3.8) is 0 Å². The van der Waals surface area contributed by atoms with Gasteiger partial charge in [0.1, 0.15) is 5.54 Å². The lowest BCUT2D eigenvalue weighted by Crippen LogP contribution is -2.55. The van der Waals surface area contributed by atoms with E-state index in [0.717, 1.165) is 45.3 Å². The summed E-state index contributed by atoms with van der Waals surface area (Å²) < 4.78 is 0. The molecule has 1 atom stereocenters. The lowest BCUT2D eigenvalue weighted by Gasteiger charge is -2.34. The van der Waals surface area contributed by atoms with Crippen LogP contribution in [-0.4, -0.2) is 48.6 Å². The van der Waals surface area contributed by atoms with Gasteiger partial charge in [0.2, 0.25) is 5.91 Å². The zero-order chi connectivity index (χ0) is 13.0. The second kappa shape index (κ2) is 5.68. The molecule has 0 aromatic heterocycles. The van der Waals surface area contributed by atoms with E-state index < -0.39 is 5.54 Å². The fraction of sp³-hybridized carbons (Fsp3) is 0.846. The predicted molar refractivity (Wildman–Crippen MR) is 68.9 cm³/mol. The molecular weight excluding hydrogens is 228 g/mol. The zero-order valence-corrected chi connectivity index (χ0v) is 11.0. The summed E-state index contributed by atoms with van der Waals surface area (Å²) in [6.45, 7) is 5.28. The molecule has 1 aliphatic heterocycles. The molecule has 100 valence electrons. The molecule has 1 saturated heterocycles. The Kier molecular flexibility index (Phi) is 4.20. The van der Waals surface area contributed by atoms with Crippen molar-refractivity contribution in [2.75, 3.05) is 26.2 Å². The van der Waals surface area contributed by atoms with Gasteiger partial charge in [-0.2, -0.15) is 5.26 Å². The van der Waals surface area contributed by atoms with Crippen molar-refractivity contribution in [1.82, 2.24) is 15.5 Å². The molecule has 0 radical (unpaired) electrons. The number of amides is 1. The van der Waals surface area contributed by atoms with E-state index in [1.165, 1.54) is 0 Å². The topological polar surface area (TPSA) is 68.2 Å².